The topological polar surface area (TPSA) is 53.6 Å². The van der Waals surface area contributed by atoms with Crippen LogP contribution in [0.4, 0.5) is 5.82 Å². The number of H-pyrrole nitrogens is 1. The normalized spacial score (nSPS) is 17.5. The van der Waals surface area contributed by atoms with Crippen molar-refractivity contribution in [2.75, 3.05) is 5.32 Å². The minimum atomic E-state index is 0.290. The van der Waals surface area contributed by atoms with Gasteiger partial charge in [0.15, 0.2) is 0 Å². The van der Waals surface area contributed by atoms with Crippen LogP contribution in [0.5, 0.6) is 0 Å². The maximum atomic E-state index is 5.92. The summed E-state index contributed by atoms with van der Waals surface area (Å²) in [5.41, 5.74) is 0.795. The van der Waals surface area contributed by atoms with Gasteiger partial charge in [0.05, 0.1) is 5.39 Å². The number of aromatic amines is 1. The third-order valence-corrected chi connectivity index (χ3v) is 3.50. The SMILES string of the molecule is Clc1nc(NC2CCCCC2)c2cc[nH]c2n1. The lowest BCUT2D eigenvalue weighted by Crippen LogP contribution is -2.23. The van der Waals surface area contributed by atoms with Crippen LogP contribution in [0.1, 0.15) is 32.1 Å². The molecule has 1 aliphatic rings. The maximum absolute atomic E-state index is 5.92. The second-order valence-corrected chi connectivity index (χ2v) is 4.90. The number of aromatic nitrogens is 3. The quantitative estimate of drug-likeness (QED) is 0.804. The van der Waals surface area contributed by atoms with E-state index in [0.717, 1.165) is 16.9 Å². The van der Waals surface area contributed by atoms with Crippen LogP contribution < -0.4 is 5.32 Å². The van der Waals surface area contributed by atoms with Gasteiger partial charge in [0.1, 0.15) is 11.5 Å². The van der Waals surface area contributed by atoms with E-state index in [-0.39, 0.29) is 0 Å². The minimum Gasteiger partial charge on any atom is -0.367 e. The Hall–Kier alpha value is -1.29. The van der Waals surface area contributed by atoms with E-state index < -0.39 is 0 Å². The highest BCUT2D eigenvalue weighted by atomic mass is 35.5. The summed E-state index contributed by atoms with van der Waals surface area (Å²) in [4.78, 5) is 11.5. The molecule has 90 valence electrons. The molecule has 0 aliphatic heterocycles. The summed E-state index contributed by atoms with van der Waals surface area (Å²) >= 11 is 5.92. The fourth-order valence-corrected chi connectivity index (χ4v) is 2.63. The summed E-state index contributed by atoms with van der Waals surface area (Å²) < 4.78 is 0. The Morgan fingerprint density at radius 3 is 2.88 bits per heavy atom. The molecule has 1 fully saturated rings. The van der Waals surface area contributed by atoms with E-state index in [2.05, 4.69) is 20.3 Å². The second-order valence-electron chi connectivity index (χ2n) is 4.56. The Balaban J connectivity index is 1.90. The zero-order chi connectivity index (χ0) is 11.7. The lowest BCUT2D eigenvalue weighted by atomic mass is 9.95. The Kier molecular flexibility index (Phi) is 2.89. The van der Waals surface area contributed by atoms with Crippen LogP contribution in [-0.2, 0) is 0 Å². The maximum Gasteiger partial charge on any atom is 0.226 e. The first-order valence-electron chi connectivity index (χ1n) is 6.10. The number of fused-ring (bicyclic) bond motifs is 1. The average Bonchev–Trinajstić information content (AvgIpc) is 2.78. The molecule has 0 radical (unpaired) electrons. The molecule has 4 nitrogen and oxygen atoms in total. The van der Waals surface area contributed by atoms with Crippen LogP contribution in [-0.4, -0.2) is 21.0 Å². The zero-order valence-corrected chi connectivity index (χ0v) is 10.3. The first kappa shape index (κ1) is 10.8. The molecular weight excluding hydrogens is 236 g/mol. The highest BCUT2D eigenvalue weighted by Gasteiger charge is 2.15. The summed E-state index contributed by atoms with van der Waals surface area (Å²) in [5, 5.41) is 4.80. The first-order valence-corrected chi connectivity index (χ1v) is 6.48. The molecule has 1 aliphatic carbocycles. The molecule has 3 rings (SSSR count). The van der Waals surface area contributed by atoms with Crippen molar-refractivity contribution in [2.45, 2.75) is 38.1 Å². The summed E-state index contributed by atoms with van der Waals surface area (Å²) in [6.07, 6.45) is 8.24. The number of nitrogens with zero attached hydrogens (tertiary/aromatic N) is 2. The van der Waals surface area contributed by atoms with Gasteiger partial charge in [0.2, 0.25) is 5.28 Å². The molecule has 0 bridgehead atoms. The fourth-order valence-electron chi connectivity index (χ4n) is 2.46. The van der Waals surface area contributed by atoms with Crippen molar-refractivity contribution in [3.8, 4) is 0 Å². The molecule has 0 aromatic carbocycles. The molecule has 0 spiro atoms. The van der Waals surface area contributed by atoms with E-state index in [1.165, 1.54) is 32.1 Å². The lowest BCUT2D eigenvalue weighted by molar-refractivity contribution is 0.462. The van der Waals surface area contributed by atoms with Crippen LogP contribution in [0.3, 0.4) is 0 Å². The monoisotopic (exact) mass is 250 g/mol. The third kappa shape index (κ3) is 2.22. The zero-order valence-electron chi connectivity index (χ0n) is 9.54. The fraction of sp³-hybridized carbons (Fsp3) is 0.500. The molecule has 2 N–H and O–H groups in total. The van der Waals surface area contributed by atoms with E-state index in [1.54, 1.807) is 0 Å². The van der Waals surface area contributed by atoms with Gasteiger partial charge in [-0.25, -0.2) is 4.98 Å². The minimum absolute atomic E-state index is 0.290. The largest absolute Gasteiger partial charge is 0.367 e. The molecule has 2 heterocycles. The van der Waals surface area contributed by atoms with E-state index in [1.807, 2.05) is 12.3 Å². The van der Waals surface area contributed by atoms with Gasteiger partial charge in [-0.15, -0.1) is 0 Å². The Labute approximate surface area is 105 Å². The highest BCUT2D eigenvalue weighted by Crippen LogP contribution is 2.25. The van der Waals surface area contributed by atoms with Crippen LogP contribution in [0.15, 0.2) is 12.3 Å². The van der Waals surface area contributed by atoms with Gasteiger partial charge in [0, 0.05) is 12.2 Å². The Morgan fingerprint density at radius 1 is 1.24 bits per heavy atom. The summed E-state index contributed by atoms with van der Waals surface area (Å²) in [6.45, 7) is 0. The van der Waals surface area contributed by atoms with Gasteiger partial charge in [-0.1, -0.05) is 19.3 Å². The Morgan fingerprint density at radius 2 is 2.06 bits per heavy atom. The van der Waals surface area contributed by atoms with E-state index in [4.69, 9.17) is 11.6 Å². The summed E-state index contributed by atoms with van der Waals surface area (Å²) in [7, 11) is 0. The predicted octanol–water partition coefficient (Wildman–Crippen LogP) is 3.36. The number of hydrogen-bond acceptors (Lipinski definition) is 3. The number of halogens is 1. The lowest BCUT2D eigenvalue weighted by Gasteiger charge is -2.23. The van der Waals surface area contributed by atoms with Gasteiger partial charge in [-0.2, -0.15) is 4.98 Å². The number of nitrogens with one attached hydrogen (secondary N) is 2. The molecule has 17 heavy (non-hydrogen) atoms. The Bertz CT molecular complexity index is 516. The molecule has 1 saturated carbocycles. The number of rotatable bonds is 2. The molecular formula is C12H15ClN4. The first-order chi connectivity index (χ1) is 8.33. The number of hydrogen-bond donors (Lipinski definition) is 2. The van der Waals surface area contributed by atoms with Crippen molar-refractivity contribution in [3.63, 3.8) is 0 Å². The van der Waals surface area contributed by atoms with Crippen molar-refractivity contribution in [3.05, 3.63) is 17.5 Å². The van der Waals surface area contributed by atoms with Crippen molar-refractivity contribution in [1.82, 2.24) is 15.0 Å². The van der Waals surface area contributed by atoms with E-state index in [0.29, 0.717) is 11.3 Å². The van der Waals surface area contributed by atoms with Crippen molar-refractivity contribution < 1.29 is 0 Å². The average molecular weight is 251 g/mol. The van der Waals surface area contributed by atoms with Crippen molar-refractivity contribution in [2.24, 2.45) is 0 Å². The molecule has 2 aromatic heterocycles. The van der Waals surface area contributed by atoms with Crippen LogP contribution >= 0.6 is 11.6 Å². The van der Waals surface area contributed by atoms with Gasteiger partial charge in [-0.3, -0.25) is 0 Å². The molecule has 5 heteroatoms. The van der Waals surface area contributed by atoms with Gasteiger partial charge in [-0.05, 0) is 30.5 Å². The second kappa shape index (κ2) is 4.53. The van der Waals surface area contributed by atoms with Crippen LogP contribution in [0.25, 0.3) is 11.0 Å². The molecule has 0 unspecified atom stereocenters. The predicted molar refractivity (Wildman–Crippen MR) is 69.4 cm³/mol. The van der Waals surface area contributed by atoms with Gasteiger partial charge >= 0.3 is 0 Å². The molecule has 2 aromatic rings. The van der Waals surface area contributed by atoms with Crippen LogP contribution in [0, 0.1) is 0 Å². The smallest absolute Gasteiger partial charge is 0.226 e. The molecule has 0 saturated heterocycles. The highest BCUT2D eigenvalue weighted by molar-refractivity contribution is 6.28. The molecule has 0 amide bonds. The van der Waals surface area contributed by atoms with Crippen LogP contribution in [0.2, 0.25) is 5.28 Å². The summed E-state index contributed by atoms with van der Waals surface area (Å²) in [5.74, 6) is 0.855. The molecule has 0 atom stereocenters. The number of anilines is 1. The van der Waals surface area contributed by atoms with Gasteiger partial charge in [0.25, 0.3) is 0 Å². The van der Waals surface area contributed by atoms with Crippen molar-refractivity contribution >= 4 is 28.5 Å². The van der Waals surface area contributed by atoms with E-state index >= 15 is 0 Å². The van der Waals surface area contributed by atoms with Gasteiger partial charge < -0.3 is 10.3 Å². The van der Waals surface area contributed by atoms with Crippen molar-refractivity contribution in [1.29, 1.82) is 0 Å². The standard InChI is InChI=1S/C12H15ClN4/c13-12-16-10-9(6-7-14-10)11(17-12)15-8-4-2-1-3-5-8/h6-8H,1-5H2,(H2,14,15,16,17). The summed E-state index contributed by atoms with van der Waals surface area (Å²) in [6, 6.07) is 2.50. The third-order valence-electron chi connectivity index (χ3n) is 3.33. The van der Waals surface area contributed by atoms with E-state index in [9.17, 15) is 0 Å².